The lowest BCUT2D eigenvalue weighted by atomic mass is 10.1. The number of aryl methyl sites for hydroxylation is 1. The Hall–Kier alpha value is -4.06. The van der Waals surface area contributed by atoms with Crippen LogP contribution in [0.25, 0.3) is 11.3 Å². The predicted molar refractivity (Wildman–Crippen MR) is 127 cm³/mol. The first kappa shape index (κ1) is 24.1. The number of alkyl halides is 3. The van der Waals surface area contributed by atoms with Crippen molar-refractivity contribution < 1.29 is 22.4 Å². The van der Waals surface area contributed by atoms with E-state index in [2.05, 4.69) is 30.9 Å². The van der Waals surface area contributed by atoms with Crippen molar-refractivity contribution in [3.8, 4) is 11.3 Å². The van der Waals surface area contributed by atoms with E-state index in [9.17, 15) is 22.4 Å². The van der Waals surface area contributed by atoms with Crippen molar-refractivity contribution in [2.45, 2.75) is 13.1 Å². The average Bonchev–Trinajstić information content (AvgIpc) is 3.19. The van der Waals surface area contributed by atoms with Crippen LogP contribution in [0.2, 0.25) is 0 Å². The van der Waals surface area contributed by atoms with Crippen molar-refractivity contribution in [3.05, 3.63) is 76.7 Å². The first-order valence-corrected chi connectivity index (χ1v) is 11.0. The SMILES string of the molecule is CNc1cc(Nc2ccc(C(=O)Nc3nc(-c4ccc(F)c(C(F)(F)F)c4)c(C)s3)cc2)ncn1. The van der Waals surface area contributed by atoms with Crippen molar-refractivity contribution in [2.24, 2.45) is 0 Å². The summed E-state index contributed by atoms with van der Waals surface area (Å²) < 4.78 is 52.8. The van der Waals surface area contributed by atoms with E-state index in [1.165, 1.54) is 12.4 Å². The first-order chi connectivity index (χ1) is 16.6. The molecule has 1 amide bonds. The Morgan fingerprint density at radius 3 is 2.40 bits per heavy atom. The molecule has 2 aromatic heterocycles. The molecule has 4 rings (SSSR count). The van der Waals surface area contributed by atoms with Gasteiger partial charge in [-0.05, 0) is 49.4 Å². The standard InChI is InChI=1S/C23H18F4N6OS/c1-12-20(14-5-8-17(24)16(9-14)23(25,26)27)32-22(35-12)33-21(34)13-3-6-15(7-4-13)31-19-10-18(28-2)29-11-30-19/h3-11H,1-2H3,(H,32,33,34)(H2,28,29,30,31). The molecule has 0 bridgehead atoms. The molecule has 3 N–H and O–H groups in total. The van der Waals surface area contributed by atoms with Crippen LogP contribution in [0.5, 0.6) is 0 Å². The maximum absolute atomic E-state index is 13.6. The van der Waals surface area contributed by atoms with Crippen LogP contribution in [0.1, 0.15) is 20.8 Å². The molecule has 7 nitrogen and oxygen atoms in total. The molecule has 0 spiro atoms. The molecule has 35 heavy (non-hydrogen) atoms. The van der Waals surface area contributed by atoms with Crippen molar-refractivity contribution in [1.82, 2.24) is 15.0 Å². The van der Waals surface area contributed by atoms with E-state index in [0.29, 0.717) is 33.8 Å². The zero-order valence-corrected chi connectivity index (χ0v) is 19.2. The van der Waals surface area contributed by atoms with Crippen molar-refractivity contribution in [2.75, 3.05) is 23.0 Å². The van der Waals surface area contributed by atoms with E-state index >= 15 is 0 Å². The van der Waals surface area contributed by atoms with Gasteiger partial charge in [-0.2, -0.15) is 13.2 Å². The molecule has 0 saturated heterocycles. The highest BCUT2D eigenvalue weighted by atomic mass is 32.1. The van der Waals surface area contributed by atoms with Gasteiger partial charge in [0.25, 0.3) is 5.91 Å². The number of rotatable bonds is 6. The predicted octanol–water partition coefficient (Wildman–Crippen LogP) is 6.10. The van der Waals surface area contributed by atoms with Crippen molar-refractivity contribution in [1.29, 1.82) is 0 Å². The number of anilines is 4. The number of halogens is 4. The molecular weight excluding hydrogens is 484 g/mol. The Balaban J connectivity index is 1.48. The third kappa shape index (κ3) is 5.54. The van der Waals surface area contributed by atoms with Crippen LogP contribution < -0.4 is 16.0 Å². The lowest BCUT2D eigenvalue weighted by Gasteiger charge is -2.09. The minimum absolute atomic E-state index is 0.106. The van der Waals surface area contributed by atoms with Crippen LogP contribution in [0.4, 0.5) is 40.0 Å². The highest BCUT2D eigenvalue weighted by molar-refractivity contribution is 7.16. The number of aromatic nitrogens is 3. The molecular formula is C23H18F4N6OS. The molecule has 12 heteroatoms. The van der Waals surface area contributed by atoms with Crippen molar-refractivity contribution in [3.63, 3.8) is 0 Å². The van der Waals surface area contributed by atoms with Crippen LogP contribution in [-0.4, -0.2) is 27.9 Å². The topological polar surface area (TPSA) is 91.8 Å². The summed E-state index contributed by atoms with van der Waals surface area (Å²) >= 11 is 1.11. The maximum atomic E-state index is 13.6. The number of amides is 1. The van der Waals surface area contributed by atoms with E-state index in [1.807, 2.05) is 0 Å². The van der Waals surface area contributed by atoms with Gasteiger partial charge in [-0.1, -0.05) is 0 Å². The lowest BCUT2D eigenvalue weighted by molar-refractivity contribution is -0.139. The van der Waals surface area contributed by atoms with Crippen molar-refractivity contribution >= 4 is 39.7 Å². The van der Waals surface area contributed by atoms with E-state index < -0.39 is 23.5 Å². The zero-order valence-electron chi connectivity index (χ0n) is 18.4. The second-order valence-electron chi connectivity index (χ2n) is 7.31. The highest BCUT2D eigenvalue weighted by Gasteiger charge is 2.34. The Labute approximate surface area is 201 Å². The molecule has 0 radical (unpaired) electrons. The Kier molecular flexibility index (Phi) is 6.65. The molecule has 0 saturated carbocycles. The third-order valence-corrected chi connectivity index (χ3v) is 5.79. The first-order valence-electron chi connectivity index (χ1n) is 10.2. The van der Waals surface area contributed by atoms with Crippen LogP contribution in [0.3, 0.4) is 0 Å². The summed E-state index contributed by atoms with van der Waals surface area (Å²) in [5.74, 6) is -0.581. The van der Waals surface area contributed by atoms with Gasteiger partial charge in [-0.3, -0.25) is 10.1 Å². The van der Waals surface area contributed by atoms with Gasteiger partial charge in [0.15, 0.2) is 5.13 Å². The lowest BCUT2D eigenvalue weighted by Crippen LogP contribution is -2.11. The third-order valence-electron chi connectivity index (χ3n) is 4.90. The molecule has 0 aliphatic rings. The molecule has 2 heterocycles. The molecule has 180 valence electrons. The summed E-state index contributed by atoms with van der Waals surface area (Å²) in [6, 6.07) is 11.0. The van der Waals surface area contributed by atoms with Gasteiger partial charge in [0.1, 0.15) is 23.8 Å². The van der Waals surface area contributed by atoms with E-state index in [-0.39, 0.29) is 16.4 Å². The van der Waals surface area contributed by atoms with Crippen LogP contribution >= 0.6 is 11.3 Å². The molecule has 0 fully saturated rings. The monoisotopic (exact) mass is 502 g/mol. The molecule has 0 aliphatic carbocycles. The zero-order chi connectivity index (χ0) is 25.2. The largest absolute Gasteiger partial charge is 0.419 e. The fraction of sp³-hybridized carbons (Fsp3) is 0.130. The van der Waals surface area contributed by atoms with Crippen LogP contribution in [-0.2, 0) is 6.18 Å². The minimum atomic E-state index is -4.83. The number of carbonyl (C=O) groups excluding carboxylic acids is 1. The van der Waals surface area contributed by atoms with Gasteiger partial charge >= 0.3 is 6.18 Å². The van der Waals surface area contributed by atoms with Gasteiger partial charge in [0, 0.05) is 34.8 Å². The number of nitrogens with zero attached hydrogens (tertiary/aromatic N) is 3. The molecule has 4 aromatic rings. The van der Waals surface area contributed by atoms with Crippen LogP contribution in [0.15, 0.2) is 54.9 Å². The van der Waals surface area contributed by atoms with E-state index in [1.54, 1.807) is 44.3 Å². The second kappa shape index (κ2) is 9.66. The normalized spacial score (nSPS) is 11.3. The maximum Gasteiger partial charge on any atom is 0.419 e. The minimum Gasteiger partial charge on any atom is -0.373 e. The van der Waals surface area contributed by atoms with E-state index in [4.69, 9.17) is 0 Å². The second-order valence-corrected chi connectivity index (χ2v) is 8.51. The average molecular weight is 502 g/mol. The molecule has 0 atom stereocenters. The number of carbonyl (C=O) groups is 1. The Morgan fingerprint density at radius 2 is 1.71 bits per heavy atom. The summed E-state index contributed by atoms with van der Waals surface area (Å²) in [4.78, 5) is 25.6. The number of hydrogen-bond acceptors (Lipinski definition) is 7. The summed E-state index contributed by atoms with van der Waals surface area (Å²) in [6.45, 7) is 1.66. The fourth-order valence-electron chi connectivity index (χ4n) is 3.19. The summed E-state index contributed by atoms with van der Waals surface area (Å²) in [7, 11) is 1.74. The summed E-state index contributed by atoms with van der Waals surface area (Å²) in [5.41, 5.74) is 0.0256. The quantitative estimate of drug-likeness (QED) is 0.276. The Morgan fingerprint density at radius 1 is 1.00 bits per heavy atom. The van der Waals surface area contributed by atoms with Gasteiger partial charge in [-0.15, -0.1) is 11.3 Å². The highest BCUT2D eigenvalue weighted by Crippen LogP contribution is 2.36. The van der Waals surface area contributed by atoms with Gasteiger partial charge in [0.05, 0.1) is 11.3 Å². The number of benzene rings is 2. The van der Waals surface area contributed by atoms with Gasteiger partial charge in [0.2, 0.25) is 0 Å². The summed E-state index contributed by atoms with van der Waals surface area (Å²) in [6.07, 6.45) is -3.42. The molecule has 0 unspecified atom stereocenters. The van der Waals surface area contributed by atoms with Gasteiger partial charge in [-0.25, -0.2) is 19.3 Å². The number of hydrogen-bond donors (Lipinski definition) is 3. The number of thiazole rings is 1. The fourth-order valence-corrected chi connectivity index (χ4v) is 4.02. The Bertz CT molecular complexity index is 1370. The molecule has 2 aromatic carbocycles. The van der Waals surface area contributed by atoms with Gasteiger partial charge < -0.3 is 10.6 Å². The summed E-state index contributed by atoms with van der Waals surface area (Å²) in [5, 5.41) is 8.88. The van der Waals surface area contributed by atoms with Crippen LogP contribution in [0, 0.1) is 12.7 Å². The number of nitrogens with one attached hydrogen (secondary N) is 3. The smallest absolute Gasteiger partial charge is 0.373 e. The molecule has 0 aliphatic heterocycles. The van der Waals surface area contributed by atoms with E-state index in [0.717, 1.165) is 17.4 Å².